The second kappa shape index (κ2) is 2.17. The Labute approximate surface area is 68.5 Å². The lowest BCUT2D eigenvalue weighted by Crippen LogP contribution is -1.80. The Morgan fingerprint density at radius 3 is 3.09 bits per heavy atom. The van der Waals surface area contributed by atoms with Gasteiger partial charge >= 0.3 is 0 Å². The fourth-order valence-electron chi connectivity index (χ4n) is 1.08. The van der Waals surface area contributed by atoms with Gasteiger partial charge in [0.25, 0.3) is 0 Å². The molecule has 2 rings (SSSR count). The monoisotopic (exact) mass is 165 g/mol. The molecule has 2 heterocycles. The molecule has 3 nitrogen and oxygen atoms in total. The molecule has 0 saturated carbocycles. The molecule has 4 heteroatoms. The summed E-state index contributed by atoms with van der Waals surface area (Å²) < 4.78 is 0.513. The van der Waals surface area contributed by atoms with Gasteiger partial charge in [0.05, 0.1) is 0 Å². The third-order valence-corrected chi connectivity index (χ3v) is 1.74. The Hall–Kier alpha value is -1.16. The highest BCUT2D eigenvalue weighted by Crippen LogP contribution is 2.09. The predicted octanol–water partition coefficient (Wildman–Crippen LogP) is 1.93. The van der Waals surface area contributed by atoms with Crippen LogP contribution in [0.5, 0.6) is 0 Å². The zero-order valence-electron chi connectivity index (χ0n) is 6.01. The van der Waals surface area contributed by atoms with Gasteiger partial charge in [0.15, 0.2) is 4.77 Å². The minimum absolute atomic E-state index is 0.513. The van der Waals surface area contributed by atoms with Crippen LogP contribution in [0, 0.1) is 11.7 Å². The third kappa shape index (κ3) is 1.05. The average Bonchev–Trinajstić information content (AvgIpc) is 2.27. The van der Waals surface area contributed by atoms with Crippen molar-refractivity contribution in [2.75, 3.05) is 0 Å². The molecule has 0 spiro atoms. The number of hydrogen-bond donors (Lipinski definition) is 2. The van der Waals surface area contributed by atoms with Crippen LogP contribution in [0.4, 0.5) is 0 Å². The van der Waals surface area contributed by atoms with Crippen molar-refractivity contribution in [2.45, 2.75) is 6.92 Å². The fourth-order valence-corrected chi connectivity index (χ4v) is 1.24. The Morgan fingerprint density at radius 1 is 1.45 bits per heavy atom. The lowest BCUT2D eigenvalue weighted by Gasteiger charge is -1.86. The molecule has 0 fully saturated rings. The summed E-state index contributed by atoms with van der Waals surface area (Å²) in [5.74, 6) is 0. The molecular formula is C7H7N3S. The summed E-state index contributed by atoms with van der Waals surface area (Å²) in [6.45, 7) is 2.00. The number of hydrogen-bond acceptors (Lipinski definition) is 2. The number of aryl methyl sites for hydroxylation is 1. The maximum absolute atomic E-state index is 4.86. The Kier molecular flexibility index (Phi) is 1.29. The number of nitrogens with one attached hydrogen (secondary N) is 2. The van der Waals surface area contributed by atoms with Crippen LogP contribution in [-0.4, -0.2) is 15.0 Å². The van der Waals surface area contributed by atoms with E-state index >= 15 is 0 Å². The lowest BCUT2D eigenvalue weighted by atomic mass is 10.4. The summed E-state index contributed by atoms with van der Waals surface area (Å²) in [5.41, 5.74) is 2.06. The summed E-state index contributed by atoms with van der Waals surface area (Å²) in [5, 5.41) is 1.07. The van der Waals surface area contributed by atoms with E-state index in [2.05, 4.69) is 15.0 Å². The maximum Gasteiger partial charge on any atom is 0.198 e. The smallest absolute Gasteiger partial charge is 0.198 e. The predicted molar refractivity (Wildman–Crippen MR) is 46.0 cm³/mol. The largest absolute Gasteiger partial charge is 0.345 e. The molecule has 2 aromatic rings. The summed E-state index contributed by atoms with van der Waals surface area (Å²) in [4.78, 5) is 10.1. The minimum Gasteiger partial charge on any atom is -0.345 e. The van der Waals surface area contributed by atoms with E-state index in [4.69, 9.17) is 12.2 Å². The molecule has 0 atom stereocenters. The zero-order chi connectivity index (χ0) is 7.84. The van der Waals surface area contributed by atoms with E-state index < -0.39 is 0 Å². The molecule has 2 N–H and O–H groups in total. The Balaban J connectivity index is 2.92. The van der Waals surface area contributed by atoms with E-state index in [1.54, 1.807) is 6.20 Å². The van der Waals surface area contributed by atoms with Gasteiger partial charge in [-0.25, -0.2) is 4.98 Å². The van der Waals surface area contributed by atoms with Crippen molar-refractivity contribution in [1.29, 1.82) is 0 Å². The molecule has 0 aliphatic heterocycles. The van der Waals surface area contributed by atoms with Crippen LogP contribution in [0.3, 0.4) is 0 Å². The molecule has 0 saturated heterocycles. The highest BCUT2D eigenvalue weighted by atomic mass is 32.1. The van der Waals surface area contributed by atoms with Crippen LogP contribution in [0.15, 0.2) is 12.3 Å². The van der Waals surface area contributed by atoms with Gasteiger partial charge in [-0.2, -0.15) is 0 Å². The topological polar surface area (TPSA) is 44.5 Å². The number of nitrogens with zero attached hydrogens (tertiary/aromatic N) is 1. The summed E-state index contributed by atoms with van der Waals surface area (Å²) >= 11 is 4.86. The summed E-state index contributed by atoms with van der Waals surface area (Å²) in [7, 11) is 0. The van der Waals surface area contributed by atoms with Gasteiger partial charge in [-0.1, -0.05) is 0 Å². The number of H-pyrrole nitrogens is 2. The molecule has 56 valence electrons. The molecule has 0 aromatic carbocycles. The molecule has 11 heavy (non-hydrogen) atoms. The van der Waals surface area contributed by atoms with Gasteiger partial charge in [-0.3, -0.25) is 0 Å². The van der Waals surface area contributed by atoms with E-state index in [0.29, 0.717) is 4.77 Å². The fraction of sp³-hybridized carbons (Fsp3) is 0.143. The van der Waals surface area contributed by atoms with E-state index in [1.807, 2.05) is 13.0 Å². The molecule has 0 bridgehead atoms. The number of aromatic amines is 2. The first-order valence-corrected chi connectivity index (χ1v) is 3.71. The van der Waals surface area contributed by atoms with Crippen molar-refractivity contribution in [3.05, 3.63) is 22.7 Å². The van der Waals surface area contributed by atoms with Crippen molar-refractivity contribution < 1.29 is 0 Å². The maximum atomic E-state index is 4.86. The number of fused-ring (bicyclic) bond motifs is 1. The number of rotatable bonds is 0. The summed E-state index contributed by atoms with van der Waals surface area (Å²) in [6.07, 6.45) is 1.76. The van der Waals surface area contributed by atoms with Gasteiger partial charge in [0, 0.05) is 17.3 Å². The second-order valence-electron chi connectivity index (χ2n) is 2.47. The van der Waals surface area contributed by atoms with Gasteiger partial charge < -0.3 is 9.97 Å². The highest BCUT2D eigenvalue weighted by molar-refractivity contribution is 7.71. The SMILES string of the molecule is Cc1cc2cnc(=S)[nH]c2[nH]1. The van der Waals surface area contributed by atoms with Gasteiger partial charge in [0.2, 0.25) is 0 Å². The van der Waals surface area contributed by atoms with Gasteiger partial charge in [-0.15, -0.1) is 0 Å². The van der Waals surface area contributed by atoms with Crippen molar-refractivity contribution in [2.24, 2.45) is 0 Å². The van der Waals surface area contributed by atoms with Crippen LogP contribution < -0.4 is 0 Å². The highest BCUT2D eigenvalue weighted by Gasteiger charge is 1.95. The van der Waals surface area contributed by atoms with E-state index in [9.17, 15) is 0 Å². The normalized spacial score (nSPS) is 10.6. The van der Waals surface area contributed by atoms with Crippen LogP contribution >= 0.6 is 12.2 Å². The molecular weight excluding hydrogens is 158 g/mol. The minimum atomic E-state index is 0.513. The molecule has 0 aliphatic carbocycles. The molecule has 0 amide bonds. The quantitative estimate of drug-likeness (QED) is 0.586. The number of aromatic nitrogens is 3. The molecule has 0 radical (unpaired) electrons. The van der Waals surface area contributed by atoms with Crippen molar-refractivity contribution in [3.8, 4) is 0 Å². The molecule has 0 unspecified atom stereocenters. The van der Waals surface area contributed by atoms with Crippen molar-refractivity contribution in [1.82, 2.24) is 15.0 Å². The van der Waals surface area contributed by atoms with Crippen molar-refractivity contribution >= 4 is 23.3 Å². The Morgan fingerprint density at radius 2 is 2.27 bits per heavy atom. The third-order valence-electron chi connectivity index (χ3n) is 1.54. The van der Waals surface area contributed by atoms with Crippen LogP contribution in [0.25, 0.3) is 11.0 Å². The first-order valence-electron chi connectivity index (χ1n) is 3.30. The van der Waals surface area contributed by atoms with Gasteiger partial charge in [0.1, 0.15) is 5.65 Å². The van der Waals surface area contributed by atoms with E-state index in [1.165, 1.54) is 0 Å². The molecule has 2 aromatic heterocycles. The summed E-state index contributed by atoms with van der Waals surface area (Å²) in [6, 6.07) is 2.02. The van der Waals surface area contributed by atoms with Crippen LogP contribution in [0.1, 0.15) is 5.69 Å². The van der Waals surface area contributed by atoms with E-state index in [0.717, 1.165) is 16.7 Å². The lowest BCUT2D eigenvalue weighted by molar-refractivity contribution is 1.16. The Bertz CT molecular complexity index is 440. The second-order valence-corrected chi connectivity index (χ2v) is 2.86. The average molecular weight is 165 g/mol. The van der Waals surface area contributed by atoms with Crippen LogP contribution in [-0.2, 0) is 0 Å². The standard InChI is InChI=1S/C7H7N3S/c1-4-2-5-3-8-7(11)10-6(5)9-4/h2-3H,1H3,(H2,8,9,10,11). The first kappa shape index (κ1) is 6.54. The van der Waals surface area contributed by atoms with E-state index in [-0.39, 0.29) is 0 Å². The molecule has 0 aliphatic rings. The van der Waals surface area contributed by atoms with Gasteiger partial charge in [-0.05, 0) is 25.2 Å². The first-order chi connectivity index (χ1) is 5.25. The van der Waals surface area contributed by atoms with Crippen LogP contribution in [0.2, 0.25) is 0 Å². The zero-order valence-corrected chi connectivity index (χ0v) is 6.83. The van der Waals surface area contributed by atoms with Crippen molar-refractivity contribution in [3.63, 3.8) is 0 Å².